The summed E-state index contributed by atoms with van der Waals surface area (Å²) in [5.41, 5.74) is 0. The van der Waals surface area contributed by atoms with E-state index in [1.54, 1.807) is 0 Å². The Labute approximate surface area is 46.2 Å². The van der Waals surface area contributed by atoms with Crippen LogP contribution in [-0.4, -0.2) is 10.6 Å². The minimum atomic E-state index is -0.799. The molecule has 0 aliphatic carbocycles. The highest BCUT2D eigenvalue weighted by molar-refractivity contribution is 6.69. The van der Waals surface area contributed by atoms with E-state index >= 15 is 0 Å². The molecule has 0 fully saturated rings. The molecule has 3 heteroatoms. The summed E-state index contributed by atoms with van der Waals surface area (Å²) < 4.78 is 0. The SMILES string of the molecule is [CH2]C(Cl)C(=O)Cl. The Morgan fingerprint density at radius 3 is 2.00 bits per heavy atom. The van der Waals surface area contributed by atoms with Gasteiger partial charge in [0, 0.05) is 0 Å². The van der Waals surface area contributed by atoms with Crippen LogP contribution in [0.5, 0.6) is 0 Å². The molecule has 0 heterocycles. The van der Waals surface area contributed by atoms with Crippen molar-refractivity contribution in [1.82, 2.24) is 0 Å². The summed E-state index contributed by atoms with van der Waals surface area (Å²) in [5, 5.41) is -1.41. The first-order valence-corrected chi connectivity index (χ1v) is 2.12. The van der Waals surface area contributed by atoms with E-state index in [1.165, 1.54) is 0 Å². The van der Waals surface area contributed by atoms with Crippen molar-refractivity contribution in [3.63, 3.8) is 0 Å². The average Bonchev–Trinajstić information content (AvgIpc) is 1.36. The van der Waals surface area contributed by atoms with Crippen LogP contribution in [0.2, 0.25) is 0 Å². The fourth-order valence-corrected chi connectivity index (χ4v) is 0. The molecular weight excluding hydrogens is 123 g/mol. The van der Waals surface area contributed by atoms with Crippen LogP contribution in [0.1, 0.15) is 0 Å². The summed E-state index contributed by atoms with van der Waals surface area (Å²) in [6, 6.07) is 0. The van der Waals surface area contributed by atoms with Crippen LogP contribution in [0.3, 0.4) is 0 Å². The molecule has 1 nitrogen and oxygen atoms in total. The molecule has 0 saturated heterocycles. The summed E-state index contributed by atoms with van der Waals surface area (Å²) in [7, 11) is 0. The van der Waals surface area contributed by atoms with E-state index in [2.05, 4.69) is 6.92 Å². The molecule has 0 amide bonds. The Morgan fingerprint density at radius 1 is 1.83 bits per heavy atom. The van der Waals surface area contributed by atoms with Crippen LogP contribution in [0, 0.1) is 6.92 Å². The third kappa shape index (κ3) is 2.49. The molecule has 35 valence electrons. The maximum Gasteiger partial charge on any atom is 0.239 e. The first-order valence-electron chi connectivity index (χ1n) is 1.31. The van der Waals surface area contributed by atoms with Gasteiger partial charge in [-0.2, -0.15) is 0 Å². The second-order valence-electron chi connectivity index (χ2n) is 0.772. The summed E-state index contributed by atoms with van der Waals surface area (Å²) in [5.74, 6) is 0. The quantitative estimate of drug-likeness (QED) is 0.381. The molecule has 0 aliphatic rings. The lowest BCUT2D eigenvalue weighted by Crippen LogP contribution is -1.99. The highest BCUT2D eigenvalue weighted by Gasteiger charge is 2.01. The minimum Gasteiger partial charge on any atom is -0.280 e. The van der Waals surface area contributed by atoms with Crippen LogP contribution in [0.15, 0.2) is 0 Å². The van der Waals surface area contributed by atoms with Gasteiger partial charge in [-0.25, -0.2) is 0 Å². The van der Waals surface area contributed by atoms with Crippen molar-refractivity contribution in [1.29, 1.82) is 0 Å². The zero-order valence-corrected chi connectivity index (χ0v) is 4.46. The predicted molar refractivity (Wildman–Crippen MR) is 25.9 cm³/mol. The Bertz CT molecular complexity index is 59.8. The van der Waals surface area contributed by atoms with E-state index < -0.39 is 10.6 Å². The van der Waals surface area contributed by atoms with Crippen LogP contribution in [0.25, 0.3) is 0 Å². The van der Waals surface area contributed by atoms with Crippen LogP contribution in [-0.2, 0) is 4.79 Å². The van der Waals surface area contributed by atoms with Gasteiger partial charge in [0.25, 0.3) is 0 Å². The van der Waals surface area contributed by atoms with Gasteiger partial charge in [0.2, 0.25) is 5.24 Å². The lowest BCUT2D eigenvalue weighted by molar-refractivity contribution is -0.110. The third-order valence-corrected chi connectivity index (χ3v) is 0.820. The van der Waals surface area contributed by atoms with Crippen molar-refractivity contribution < 1.29 is 4.79 Å². The van der Waals surface area contributed by atoms with E-state index in [0.717, 1.165) is 0 Å². The van der Waals surface area contributed by atoms with Crippen molar-refractivity contribution in [2.45, 2.75) is 5.38 Å². The van der Waals surface area contributed by atoms with Crippen molar-refractivity contribution in [3.05, 3.63) is 6.92 Å². The average molecular weight is 126 g/mol. The molecule has 1 atom stereocenters. The summed E-state index contributed by atoms with van der Waals surface area (Å²) >= 11 is 9.80. The summed E-state index contributed by atoms with van der Waals surface area (Å²) in [6.45, 7) is 3.12. The number of alkyl halides is 1. The predicted octanol–water partition coefficient (Wildman–Crippen LogP) is 1.19. The minimum absolute atomic E-state index is 0.614. The largest absolute Gasteiger partial charge is 0.280 e. The maximum absolute atomic E-state index is 9.71. The van der Waals surface area contributed by atoms with Crippen molar-refractivity contribution in [2.24, 2.45) is 0 Å². The van der Waals surface area contributed by atoms with Crippen molar-refractivity contribution in [3.8, 4) is 0 Å². The van der Waals surface area contributed by atoms with Gasteiger partial charge in [-0.1, -0.05) is 0 Å². The van der Waals surface area contributed by atoms with Gasteiger partial charge in [0.05, 0.1) is 0 Å². The van der Waals surface area contributed by atoms with Gasteiger partial charge < -0.3 is 0 Å². The second kappa shape index (κ2) is 2.43. The topological polar surface area (TPSA) is 17.1 Å². The number of hydrogen-bond acceptors (Lipinski definition) is 1. The smallest absolute Gasteiger partial charge is 0.239 e. The first-order chi connectivity index (χ1) is 2.64. The standard InChI is InChI=1S/C3H3Cl2O/c1-2(4)3(5)6/h2H,1H2. The normalized spacial score (nSPS) is 13.8. The zero-order chi connectivity index (χ0) is 5.15. The molecule has 0 aromatic heterocycles. The van der Waals surface area contributed by atoms with Crippen LogP contribution < -0.4 is 0 Å². The van der Waals surface area contributed by atoms with Gasteiger partial charge in [-0.05, 0) is 18.5 Å². The number of rotatable bonds is 1. The molecule has 6 heavy (non-hydrogen) atoms. The van der Waals surface area contributed by atoms with Gasteiger partial charge in [0.15, 0.2) is 0 Å². The molecule has 0 N–H and O–H groups in total. The number of halogens is 2. The van der Waals surface area contributed by atoms with Crippen LogP contribution >= 0.6 is 23.2 Å². The van der Waals surface area contributed by atoms with E-state index in [1.807, 2.05) is 0 Å². The summed E-state index contributed by atoms with van der Waals surface area (Å²) in [4.78, 5) is 9.71. The van der Waals surface area contributed by atoms with Gasteiger partial charge in [-0.15, -0.1) is 11.6 Å². The monoisotopic (exact) mass is 125 g/mol. The number of hydrogen-bond donors (Lipinski definition) is 0. The fourth-order valence-electron chi connectivity index (χ4n) is 0. The number of carbonyl (C=O) groups is 1. The van der Waals surface area contributed by atoms with Gasteiger partial charge in [-0.3, -0.25) is 4.79 Å². The molecule has 0 bridgehead atoms. The lowest BCUT2D eigenvalue weighted by Gasteiger charge is -1.84. The zero-order valence-electron chi connectivity index (χ0n) is 2.95. The molecular formula is C3H3Cl2O. The fraction of sp³-hybridized carbons (Fsp3) is 0.333. The highest BCUT2D eigenvalue weighted by atomic mass is 35.5. The van der Waals surface area contributed by atoms with Gasteiger partial charge in [0.1, 0.15) is 5.38 Å². The van der Waals surface area contributed by atoms with Crippen LogP contribution in [0.4, 0.5) is 0 Å². The summed E-state index contributed by atoms with van der Waals surface area (Å²) in [6.07, 6.45) is 0. The van der Waals surface area contributed by atoms with E-state index in [9.17, 15) is 4.79 Å². The molecule has 0 aliphatic heterocycles. The molecule has 0 aromatic rings. The molecule has 0 aromatic carbocycles. The molecule has 0 rings (SSSR count). The Hall–Kier alpha value is 0.250. The van der Waals surface area contributed by atoms with E-state index in [0.29, 0.717) is 0 Å². The first kappa shape index (κ1) is 6.25. The Kier molecular flexibility index (Phi) is 2.53. The lowest BCUT2D eigenvalue weighted by atomic mass is 10.5. The van der Waals surface area contributed by atoms with E-state index in [4.69, 9.17) is 23.2 Å². The maximum atomic E-state index is 9.71. The van der Waals surface area contributed by atoms with Crippen molar-refractivity contribution >= 4 is 28.4 Å². The molecule has 0 spiro atoms. The third-order valence-electron chi connectivity index (χ3n) is 0.246. The molecule has 1 unspecified atom stereocenters. The second-order valence-corrected chi connectivity index (χ2v) is 1.67. The molecule has 0 saturated carbocycles. The highest BCUT2D eigenvalue weighted by Crippen LogP contribution is 1.96. The van der Waals surface area contributed by atoms with Crippen molar-refractivity contribution in [2.75, 3.05) is 0 Å². The Morgan fingerprint density at radius 2 is 2.00 bits per heavy atom. The molecule has 1 radical (unpaired) electrons. The Balaban J connectivity index is 3.26. The van der Waals surface area contributed by atoms with Gasteiger partial charge >= 0.3 is 0 Å². The number of carbonyl (C=O) groups excluding carboxylic acids is 1. The van der Waals surface area contributed by atoms with E-state index in [-0.39, 0.29) is 0 Å².